The highest BCUT2D eigenvalue weighted by Gasteiger charge is 2.15. The molecule has 5 nitrogen and oxygen atoms in total. The van der Waals surface area contributed by atoms with Gasteiger partial charge in [0.05, 0.1) is 6.07 Å². The zero-order chi connectivity index (χ0) is 9.26. The van der Waals surface area contributed by atoms with E-state index in [1.54, 1.807) is 4.57 Å². The van der Waals surface area contributed by atoms with Crippen LogP contribution in [-0.2, 0) is 19.5 Å². The first-order valence-corrected chi connectivity index (χ1v) is 4.36. The monoisotopic (exact) mass is 178 g/mol. The van der Waals surface area contributed by atoms with Crippen LogP contribution in [0.25, 0.3) is 0 Å². The van der Waals surface area contributed by atoms with Crippen molar-refractivity contribution in [3.8, 4) is 6.07 Å². The van der Waals surface area contributed by atoms with Crippen LogP contribution in [0.4, 0.5) is 0 Å². The molecule has 0 saturated heterocycles. The summed E-state index contributed by atoms with van der Waals surface area (Å²) in [4.78, 5) is 11.5. The Kier molecular flexibility index (Phi) is 1.89. The Morgan fingerprint density at radius 3 is 3.08 bits per heavy atom. The van der Waals surface area contributed by atoms with E-state index in [-0.39, 0.29) is 12.2 Å². The molecule has 0 bridgehead atoms. The van der Waals surface area contributed by atoms with Gasteiger partial charge in [0, 0.05) is 13.0 Å². The SMILES string of the molecule is N#CCn1nc2n(c1=O)CCCC2. The number of nitrogens with zero attached hydrogens (tertiary/aromatic N) is 4. The topological polar surface area (TPSA) is 63.6 Å². The third-order valence-corrected chi connectivity index (χ3v) is 2.25. The second kappa shape index (κ2) is 3.05. The fourth-order valence-corrected chi connectivity index (χ4v) is 1.62. The molecular weight excluding hydrogens is 168 g/mol. The molecule has 0 fully saturated rings. The van der Waals surface area contributed by atoms with Crippen molar-refractivity contribution in [2.75, 3.05) is 0 Å². The molecule has 0 unspecified atom stereocenters. The van der Waals surface area contributed by atoms with E-state index in [4.69, 9.17) is 5.26 Å². The molecule has 13 heavy (non-hydrogen) atoms. The van der Waals surface area contributed by atoms with Gasteiger partial charge in [-0.05, 0) is 12.8 Å². The quantitative estimate of drug-likeness (QED) is 0.603. The van der Waals surface area contributed by atoms with Gasteiger partial charge in [0.15, 0.2) is 0 Å². The van der Waals surface area contributed by atoms with Crippen LogP contribution in [0.2, 0.25) is 0 Å². The largest absolute Gasteiger partial charge is 0.346 e. The summed E-state index contributed by atoms with van der Waals surface area (Å²) in [6, 6.07) is 1.92. The molecule has 1 aromatic heterocycles. The fraction of sp³-hybridized carbons (Fsp3) is 0.625. The van der Waals surface area contributed by atoms with E-state index in [0.29, 0.717) is 0 Å². The van der Waals surface area contributed by atoms with Gasteiger partial charge in [0.2, 0.25) is 0 Å². The maximum Gasteiger partial charge on any atom is 0.346 e. The second-order valence-electron chi connectivity index (χ2n) is 3.12. The smallest absolute Gasteiger partial charge is 0.279 e. The Labute approximate surface area is 75.2 Å². The predicted octanol–water partition coefficient (Wildman–Crippen LogP) is -0.0953. The van der Waals surface area contributed by atoms with Crippen molar-refractivity contribution in [2.24, 2.45) is 0 Å². The van der Waals surface area contributed by atoms with Gasteiger partial charge in [-0.2, -0.15) is 15.0 Å². The molecule has 2 rings (SSSR count). The van der Waals surface area contributed by atoms with Crippen LogP contribution in [0.5, 0.6) is 0 Å². The summed E-state index contributed by atoms with van der Waals surface area (Å²) < 4.78 is 2.90. The van der Waals surface area contributed by atoms with Crippen molar-refractivity contribution >= 4 is 0 Å². The van der Waals surface area contributed by atoms with Gasteiger partial charge in [-0.3, -0.25) is 4.57 Å². The van der Waals surface area contributed by atoms with E-state index >= 15 is 0 Å². The first-order valence-electron chi connectivity index (χ1n) is 4.36. The van der Waals surface area contributed by atoms with E-state index in [2.05, 4.69) is 5.10 Å². The van der Waals surface area contributed by atoms with Crippen LogP contribution < -0.4 is 5.69 Å². The van der Waals surface area contributed by atoms with Gasteiger partial charge in [-0.1, -0.05) is 0 Å². The Morgan fingerprint density at radius 2 is 2.38 bits per heavy atom. The zero-order valence-electron chi connectivity index (χ0n) is 7.23. The summed E-state index contributed by atoms with van der Waals surface area (Å²) in [6.45, 7) is 0.804. The number of rotatable bonds is 1. The lowest BCUT2D eigenvalue weighted by Gasteiger charge is -2.09. The van der Waals surface area contributed by atoms with Gasteiger partial charge >= 0.3 is 5.69 Å². The minimum absolute atomic E-state index is 0.0544. The Bertz CT molecular complexity index is 409. The molecule has 1 aliphatic rings. The van der Waals surface area contributed by atoms with E-state index < -0.39 is 0 Å². The molecule has 0 saturated carbocycles. The number of hydrogen-bond donors (Lipinski definition) is 0. The maximum absolute atomic E-state index is 11.5. The normalized spacial score (nSPS) is 15.0. The molecule has 0 spiro atoms. The first-order chi connectivity index (χ1) is 6.33. The predicted molar refractivity (Wildman–Crippen MR) is 45.0 cm³/mol. The minimum Gasteiger partial charge on any atom is -0.279 e. The standard InChI is InChI=1S/C8H10N4O/c9-4-6-12-8(13)11-5-2-1-3-7(11)10-12/h1-3,5-6H2. The lowest BCUT2D eigenvalue weighted by molar-refractivity contribution is 0.511. The number of nitriles is 1. The van der Waals surface area contributed by atoms with Crippen LogP contribution in [0.3, 0.4) is 0 Å². The van der Waals surface area contributed by atoms with Crippen molar-refractivity contribution in [1.82, 2.24) is 14.3 Å². The zero-order valence-corrected chi connectivity index (χ0v) is 7.23. The van der Waals surface area contributed by atoms with E-state index in [0.717, 1.165) is 31.6 Å². The lowest BCUT2D eigenvalue weighted by Crippen LogP contribution is -2.26. The lowest BCUT2D eigenvalue weighted by atomic mass is 10.2. The Hall–Kier alpha value is -1.57. The number of aryl methyl sites for hydroxylation is 1. The molecular formula is C8H10N4O. The van der Waals surface area contributed by atoms with Gasteiger partial charge < -0.3 is 0 Å². The molecule has 1 aliphatic heterocycles. The third-order valence-electron chi connectivity index (χ3n) is 2.25. The summed E-state index contributed by atoms with van der Waals surface area (Å²) >= 11 is 0. The first kappa shape index (κ1) is 8.05. The van der Waals surface area contributed by atoms with Crippen molar-refractivity contribution in [3.05, 3.63) is 16.3 Å². The molecule has 1 aromatic rings. The minimum atomic E-state index is -0.142. The highest BCUT2D eigenvalue weighted by molar-refractivity contribution is 4.92. The van der Waals surface area contributed by atoms with Gasteiger partial charge in [-0.15, -0.1) is 0 Å². The Balaban J connectivity index is 2.46. The summed E-state index contributed by atoms with van der Waals surface area (Å²) in [5, 5.41) is 12.5. The summed E-state index contributed by atoms with van der Waals surface area (Å²) in [6.07, 6.45) is 2.97. The summed E-state index contributed by atoms with van der Waals surface area (Å²) in [5.74, 6) is 0.825. The van der Waals surface area contributed by atoms with Crippen LogP contribution in [0.15, 0.2) is 4.79 Å². The van der Waals surface area contributed by atoms with Crippen molar-refractivity contribution in [1.29, 1.82) is 5.26 Å². The van der Waals surface area contributed by atoms with E-state index in [1.807, 2.05) is 6.07 Å². The molecule has 68 valence electrons. The summed E-state index contributed by atoms with van der Waals surface area (Å²) in [7, 11) is 0. The summed E-state index contributed by atoms with van der Waals surface area (Å²) in [5.41, 5.74) is -0.142. The van der Waals surface area contributed by atoms with E-state index in [9.17, 15) is 4.79 Å². The van der Waals surface area contributed by atoms with Crippen LogP contribution in [0.1, 0.15) is 18.7 Å². The van der Waals surface area contributed by atoms with Crippen molar-refractivity contribution in [2.45, 2.75) is 32.4 Å². The van der Waals surface area contributed by atoms with Gasteiger partial charge in [0.25, 0.3) is 0 Å². The second-order valence-corrected chi connectivity index (χ2v) is 3.12. The highest BCUT2D eigenvalue weighted by atomic mass is 16.2. The van der Waals surface area contributed by atoms with Crippen LogP contribution in [0, 0.1) is 11.3 Å². The molecule has 0 N–H and O–H groups in total. The maximum atomic E-state index is 11.5. The molecule has 0 aromatic carbocycles. The molecule has 0 aliphatic carbocycles. The van der Waals surface area contributed by atoms with Crippen LogP contribution >= 0.6 is 0 Å². The number of fused-ring (bicyclic) bond motifs is 1. The molecule has 0 atom stereocenters. The molecule has 0 radical (unpaired) electrons. The van der Waals surface area contributed by atoms with Gasteiger partial charge in [-0.25, -0.2) is 4.79 Å². The highest BCUT2D eigenvalue weighted by Crippen LogP contribution is 2.08. The molecule has 2 heterocycles. The van der Waals surface area contributed by atoms with Gasteiger partial charge in [0.1, 0.15) is 12.4 Å². The van der Waals surface area contributed by atoms with E-state index in [1.165, 1.54) is 4.68 Å². The van der Waals surface area contributed by atoms with Crippen molar-refractivity contribution in [3.63, 3.8) is 0 Å². The van der Waals surface area contributed by atoms with Crippen molar-refractivity contribution < 1.29 is 0 Å². The average molecular weight is 178 g/mol. The average Bonchev–Trinajstić information content (AvgIpc) is 2.46. The molecule has 0 amide bonds. The number of hydrogen-bond acceptors (Lipinski definition) is 3. The Morgan fingerprint density at radius 1 is 1.54 bits per heavy atom. The number of aromatic nitrogens is 3. The fourth-order valence-electron chi connectivity index (χ4n) is 1.62. The third kappa shape index (κ3) is 1.24. The van der Waals surface area contributed by atoms with Crippen LogP contribution in [-0.4, -0.2) is 14.3 Å². The molecule has 5 heteroatoms.